The van der Waals surface area contributed by atoms with Crippen LogP contribution in [0, 0.1) is 5.92 Å². The molecule has 1 amide bonds. The Kier molecular flexibility index (Phi) is 6.54. The van der Waals surface area contributed by atoms with Gasteiger partial charge < -0.3 is 5.32 Å². The quantitative estimate of drug-likeness (QED) is 0.607. The molecule has 2 atom stereocenters. The van der Waals surface area contributed by atoms with E-state index in [0.29, 0.717) is 0 Å². The van der Waals surface area contributed by atoms with Crippen LogP contribution >= 0.6 is 11.6 Å². The molecule has 8 nitrogen and oxygen atoms in total. The zero-order valence-electron chi connectivity index (χ0n) is 14.5. The second-order valence-corrected chi connectivity index (χ2v) is 10.4. The fraction of sp³-hybridized carbons (Fsp3) is 0.533. The van der Waals surface area contributed by atoms with Crippen molar-refractivity contribution >= 4 is 43.2 Å². The molecular formula is C15H22ClN3O5S2. The summed E-state index contributed by atoms with van der Waals surface area (Å²) in [6.07, 6.45) is 4.55. The number of nitrogens with one attached hydrogen (secondary N) is 3. The third kappa shape index (κ3) is 6.42. The summed E-state index contributed by atoms with van der Waals surface area (Å²) < 4.78 is 50.0. The van der Waals surface area contributed by atoms with Gasteiger partial charge in [-0.15, -0.1) is 0 Å². The summed E-state index contributed by atoms with van der Waals surface area (Å²) in [5, 5.41) is 3.08. The van der Waals surface area contributed by atoms with Gasteiger partial charge in [0.25, 0.3) is 5.91 Å². The van der Waals surface area contributed by atoms with Gasteiger partial charge in [-0.2, -0.15) is 0 Å². The number of carbonyl (C=O) groups is 1. The van der Waals surface area contributed by atoms with Crippen molar-refractivity contribution in [2.75, 3.05) is 23.8 Å². The molecule has 26 heavy (non-hydrogen) atoms. The Morgan fingerprint density at radius 3 is 2.46 bits per heavy atom. The van der Waals surface area contributed by atoms with Crippen LogP contribution in [0.5, 0.6) is 0 Å². The van der Waals surface area contributed by atoms with Crippen molar-refractivity contribution in [2.45, 2.75) is 25.3 Å². The van der Waals surface area contributed by atoms with E-state index in [0.717, 1.165) is 31.8 Å². The molecule has 0 unspecified atom stereocenters. The summed E-state index contributed by atoms with van der Waals surface area (Å²) in [5.74, 6) is -0.357. The highest BCUT2D eigenvalue weighted by Gasteiger charge is 2.29. The highest BCUT2D eigenvalue weighted by atomic mass is 35.5. The molecule has 2 rings (SSSR count). The van der Waals surface area contributed by atoms with Crippen molar-refractivity contribution in [3.8, 4) is 0 Å². The van der Waals surface area contributed by atoms with Gasteiger partial charge in [0.1, 0.15) is 0 Å². The van der Waals surface area contributed by atoms with Gasteiger partial charge in [-0.25, -0.2) is 21.6 Å². The molecule has 0 heterocycles. The van der Waals surface area contributed by atoms with E-state index in [4.69, 9.17) is 11.6 Å². The Morgan fingerprint density at radius 1 is 1.15 bits per heavy atom. The number of hydrogen-bond donors (Lipinski definition) is 3. The van der Waals surface area contributed by atoms with E-state index >= 15 is 0 Å². The van der Waals surface area contributed by atoms with Gasteiger partial charge in [-0.3, -0.25) is 9.52 Å². The monoisotopic (exact) mass is 423 g/mol. The van der Waals surface area contributed by atoms with Gasteiger partial charge in [0.15, 0.2) is 0 Å². The van der Waals surface area contributed by atoms with Gasteiger partial charge in [0, 0.05) is 18.2 Å². The Hall–Kier alpha value is -1.36. The molecule has 0 radical (unpaired) electrons. The van der Waals surface area contributed by atoms with E-state index < -0.39 is 20.0 Å². The second-order valence-electron chi connectivity index (χ2n) is 6.46. The average Bonchev–Trinajstić information content (AvgIpc) is 2.92. The topological polar surface area (TPSA) is 121 Å². The molecule has 1 aliphatic carbocycles. The maximum absolute atomic E-state index is 12.5. The van der Waals surface area contributed by atoms with E-state index in [1.807, 2.05) is 0 Å². The van der Waals surface area contributed by atoms with E-state index in [1.54, 1.807) is 0 Å². The number of carbonyl (C=O) groups excluding carboxylic acids is 1. The van der Waals surface area contributed by atoms with Crippen LogP contribution in [-0.2, 0) is 20.0 Å². The molecule has 1 aromatic rings. The van der Waals surface area contributed by atoms with Crippen molar-refractivity contribution < 1.29 is 21.6 Å². The molecule has 1 saturated carbocycles. The summed E-state index contributed by atoms with van der Waals surface area (Å²) in [4.78, 5) is 12.5. The first kappa shape index (κ1) is 20.9. The minimum Gasteiger partial charge on any atom is -0.349 e. The largest absolute Gasteiger partial charge is 0.349 e. The van der Waals surface area contributed by atoms with Gasteiger partial charge in [-0.05, 0) is 37.0 Å². The van der Waals surface area contributed by atoms with Crippen LogP contribution in [-0.4, -0.2) is 47.8 Å². The highest BCUT2D eigenvalue weighted by molar-refractivity contribution is 7.92. The molecule has 0 aromatic heterocycles. The van der Waals surface area contributed by atoms with E-state index in [2.05, 4.69) is 14.8 Å². The van der Waals surface area contributed by atoms with Crippen LogP contribution in [0.4, 0.5) is 5.69 Å². The van der Waals surface area contributed by atoms with Crippen LogP contribution in [0.3, 0.4) is 0 Å². The lowest BCUT2D eigenvalue weighted by Gasteiger charge is -2.21. The normalized spacial score (nSPS) is 20.7. The number of amides is 1. The lowest BCUT2D eigenvalue weighted by atomic mass is 10.0. The average molecular weight is 424 g/mol. The standard InChI is InChI=1S/C15H22ClN3O5S2/c1-25(21,22)17-9-11-4-3-5-13(11)18-15(20)10-6-7-12(16)14(8-10)19-26(2,23)24/h6-8,11,13,17,19H,3-5,9H2,1-2H3,(H,18,20)/t11-,13+/m1/s1. The second kappa shape index (κ2) is 8.12. The zero-order valence-corrected chi connectivity index (χ0v) is 16.8. The van der Waals surface area contributed by atoms with E-state index in [9.17, 15) is 21.6 Å². The van der Waals surface area contributed by atoms with Crippen molar-refractivity contribution in [1.29, 1.82) is 0 Å². The zero-order chi connectivity index (χ0) is 19.5. The maximum Gasteiger partial charge on any atom is 0.251 e. The lowest BCUT2D eigenvalue weighted by Crippen LogP contribution is -2.41. The molecule has 0 aliphatic heterocycles. The van der Waals surface area contributed by atoms with Crippen LogP contribution < -0.4 is 14.8 Å². The fourth-order valence-corrected chi connectivity index (χ4v) is 4.23. The maximum atomic E-state index is 12.5. The van der Waals surface area contributed by atoms with Crippen molar-refractivity contribution in [1.82, 2.24) is 10.0 Å². The Labute approximate surface area is 158 Å². The summed E-state index contributed by atoms with van der Waals surface area (Å²) in [6, 6.07) is 4.17. The third-order valence-corrected chi connectivity index (χ3v) is 5.72. The SMILES string of the molecule is CS(=O)(=O)NC[C@H]1CCC[C@@H]1NC(=O)c1ccc(Cl)c(NS(C)(=O)=O)c1. The first-order chi connectivity index (χ1) is 11.9. The van der Waals surface area contributed by atoms with E-state index in [1.165, 1.54) is 18.2 Å². The van der Waals surface area contributed by atoms with Gasteiger partial charge in [0.05, 0.1) is 23.2 Å². The number of rotatable bonds is 7. The fourth-order valence-electron chi connectivity index (χ4n) is 2.93. The first-order valence-corrected chi connectivity index (χ1v) is 12.1. The van der Waals surface area contributed by atoms with Gasteiger partial charge >= 0.3 is 0 Å². The van der Waals surface area contributed by atoms with Crippen molar-refractivity contribution in [3.63, 3.8) is 0 Å². The molecule has 11 heteroatoms. The van der Waals surface area contributed by atoms with Gasteiger partial charge in [-0.1, -0.05) is 18.0 Å². The number of halogens is 1. The number of hydrogen-bond acceptors (Lipinski definition) is 5. The first-order valence-electron chi connectivity index (χ1n) is 7.97. The smallest absolute Gasteiger partial charge is 0.251 e. The predicted octanol–water partition coefficient (Wildman–Crippen LogP) is 1.16. The lowest BCUT2D eigenvalue weighted by molar-refractivity contribution is 0.0928. The molecular weight excluding hydrogens is 402 g/mol. The van der Waals surface area contributed by atoms with Crippen LogP contribution in [0.25, 0.3) is 0 Å². The van der Waals surface area contributed by atoms with Crippen molar-refractivity contribution in [2.24, 2.45) is 5.92 Å². The Bertz CT molecular complexity index is 887. The molecule has 1 fully saturated rings. The summed E-state index contributed by atoms with van der Waals surface area (Å²) in [7, 11) is -6.81. The summed E-state index contributed by atoms with van der Waals surface area (Å²) >= 11 is 5.96. The van der Waals surface area contributed by atoms with Crippen LogP contribution in [0.1, 0.15) is 29.6 Å². The minimum absolute atomic E-state index is 0.00888. The molecule has 1 aromatic carbocycles. The Morgan fingerprint density at radius 2 is 1.85 bits per heavy atom. The molecule has 1 aliphatic rings. The predicted molar refractivity (Wildman–Crippen MR) is 101 cm³/mol. The number of anilines is 1. The van der Waals surface area contributed by atoms with Crippen LogP contribution in [0.15, 0.2) is 18.2 Å². The molecule has 0 bridgehead atoms. The van der Waals surface area contributed by atoms with E-state index in [-0.39, 0.29) is 40.7 Å². The summed E-state index contributed by atoms with van der Waals surface area (Å²) in [5.41, 5.74) is 0.394. The molecule has 3 N–H and O–H groups in total. The summed E-state index contributed by atoms with van der Waals surface area (Å²) in [6.45, 7) is 0.269. The molecule has 146 valence electrons. The molecule has 0 spiro atoms. The van der Waals surface area contributed by atoms with Crippen molar-refractivity contribution in [3.05, 3.63) is 28.8 Å². The highest BCUT2D eigenvalue weighted by Crippen LogP contribution is 2.27. The third-order valence-electron chi connectivity index (χ3n) is 4.11. The van der Waals surface area contributed by atoms with Crippen LogP contribution in [0.2, 0.25) is 5.02 Å². The number of sulfonamides is 2. The molecule has 0 saturated heterocycles. The minimum atomic E-state index is -3.53. The van der Waals surface area contributed by atoms with Gasteiger partial charge in [0.2, 0.25) is 20.0 Å². The number of benzene rings is 1. The Balaban J connectivity index is 2.08.